The number of benzene rings is 1. The van der Waals surface area contributed by atoms with Gasteiger partial charge in [-0.15, -0.1) is 0 Å². The summed E-state index contributed by atoms with van der Waals surface area (Å²) in [7, 11) is 0. The lowest BCUT2D eigenvalue weighted by Gasteiger charge is -2.18. The number of carbonyl (C=O) groups is 2. The molecule has 0 aliphatic carbocycles. The van der Waals surface area contributed by atoms with Crippen molar-refractivity contribution in [3.05, 3.63) is 53.3 Å². The third-order valence-electron chi connectivity index (χ3n) is 4.21. The number of esters is 2. The van der Waals surface area contributed by atoms with E-state index in [1.807, 2.05) is 19.1 Å². The van der Waals surface area contributed by atoms with Crippen LogP contribution in [-0.4, -0.2) is 22.1 Å². The molecule has 3 aromatic rings. The third-order valence-corrected chi connectivity index (χ3v) is 4.50. The van der Waals surface area contributed by atoms with E-state index in [9.17, 15) is 9.59 Å². The van der Waals surface area contributed by atoms with Gasteiger partial charge < -0.3 is 19.3 Å². The second-order valence-corrected chi connectivity index (χ2v) is 6.39. The zero-order valence-corrected chi connectivity index (χ0v) is 15.4. The summed E-state index contributed by atoms with van der Waals surface area (Å²) >= 11 is 6.19. The summed E-state index contributed by atoms with van der Waals surface area (Å²) in [6.07, 6.45) is 6.08. The summed E-state index contributed by atoms with van der Waals surface area (Å²) in [5, 5.41) is 7.73. The second-order valence-electron chi connectivity index (χ2n) is 5.98. The Morgan fingerprint density at radius 3 is 2.46 bits per heavy atom. The van der Waals surface area contributed by atoms with Crippen molar-refractivity contribution in [3.8, 4) is 11.5 Å². The van der Waals surface area contributed by atoms with Crippen LogP contribution in [0.3, 0.4) is 0 Å². The van der Waals surface area contributed by atoms with Gasteiger partial charge in [-0.3, -0.25) is 4.98 Å². The van der Waals surface area contributed by atoms with Crippen LogP contribution in [0.2, 0.25) is 5.02 Å². The Morgan fingerprint density at radius 2 is 1.79 bits per heavy atom. The molecule has 1 N–H and O–H groups in total. The highest BCUT2D eigenvalue weighted by Crippen LogP contribution is 2.46. The van der Waals surface area contributed by atoms with Crippen LogP contribution in [0.1, 0.15) is 24.9 Å². The van der Waals surface area contributed by atoms with Crippen LogP contribution in [-0.2, 0) is 9.59 Å². The summed E-state index contributed by atoms with van der Waals surface area (Å²) in [5.74, 6) is -1.25. The molecule has 9 heteroatoms. The Hall–Kier alpha value is -3.39. The highest BCUT2D eigenvalue weighted by molar-refractivity contribution is 6.33. The first-order chi connectivity index (χ1) is 13.6. The molecule has 0 bridgehead atoms. The van der Waals surface area contributed by atoms with E-state index >= 15 is 0 Å². The van der Waals surface area contributed by atoms with E-state index in [1.165, 1.54) is 6.07 Å². The summed E-state index contributed by atoms with van der Waals surface area (Å²) in [5.41, 5.74) is 1.28. The molecule has 0 saturated carbocycles. The number of rotatable bonds is 4. The van der Waals surface area contributed by atoms with Crippen LogP contribution in [0.4, 0.5) is 5.82 Å². The fourth-order valence-corrected chi connectivity index (χ4v) is 3.13. The van der Waals surface area contributed by atoms with Gasteiger partial charge in [0.1, 0.15) is 5.39 Å². The number of pyridine rings is 1. The quantitative estimate of drug-likeness (QED) is 0.521. The predicted octanol–water partition coefficient (Wildman–Crippen LogP) is 3.82. The van der Waals surface area contributed by atoms with Gasteiger partial charge in [0.15, 0.2) is 22.9 Å². The number of fused-ring (bicyclic) bond motifs is 3. The van der Waals surface area contributed by atoms with Gasteiger partial charge >= 0.3 is 11.9 Å². The van der Waals surface area contributed by atoms with Gasteiger partial charge in [-0.2, -0.15) is 0 Å². The molecule has 3 heterocycles. The number of anilines is 1. The Bertz CT molecular complexity index is 1090. The van der Waals surface area contributed by atoms with Gasteiger partial charge in [-0.05, 0) is 24.1 Å². The predicted molar refractivity (Wildman–Crippen MR) is 100 cm³/mol. The maximum Gasteiger partial charge on any atom is 0.336 e. The summed E-state index contributed by atoms with van der Waals surface area (Å²) in [6, 6.07) is 5.12. The zero-order valence-electron chi connectivity index (χ0n) is 14.6. The minimum Gasteiger partial charge on any atom is -0.418 e. The fourth-order valence-electron chi connectivity index (χ4n) is 2.90. The van der Waals surface area contributed by atoms with Crippen molar-refractivity contribution in [3.63, 3.8) is 0 Å². The first kappa shape index (κ1) is 18.0. The smallest absolute Gasteiger partial charge is 0.336 e. The van der Waals surface area contributed by atoms with E-state index in [4.69, 9.17) is 25.6 Å². The molecule has 1 atom stereocenters. The molecule has 0 saturated heterocycles. The van der Waals surface area contributed by atoms with Crippen molar-refractivity contribution in [1.82, 2.24) is 10.1 Å². The maximum atomic E-state index is 12.0. The van der Waals surface area contributed by atoms with Gasteiger partial charge in [-0.25, -0.2) is 9.59 Å². The number of nitrogens with one attached hydrogen (secondary N) is 1. The van der Waals surface area contributed by atoms with Crippen molar-refractivity contribution in [1.29, 1.82) is 0 Å². The molecule has 0 fully saturated rings. The van der Waals surface area contributed by atoms with E-state index in [0.717, 1.165) is 24.1 Å². The van der Waals surface area contributed by atoms with Crippen LogP contribution >= 0.6 is 11.6 Å². The Balaban J connectivity index is 1.83. The Morgan fingerprint density at radius 1 is 1.11 bits per heavy atom. The number of hydrogen-bond donors (Lipinski definition) is 1. The maximum absolute atomic E-state index is 12.0. The van der Waals surface area contributed by atoms with E-state index in [-0.39, 0.29) is 28.1 Å². The molecular formula is C19H14ClN3O5. The largest absolute Gasteiger partial charge is 0.418 e. The minimum absolute atomic E-state index is 0.0291. The molecule has 4 rings (SSSR count). The van der Waals surface area contributed by atoms with Gasteiger partial charge in [0.05, 0.1) is 11.1 Å². The van der Waals surface area contributed by atoms with Gasteiger partial charge in [0.25, 0.3) is 0 Å². The van der Waals surface area contributed by atoms with Gasteiger partial charge in [0.2, 0.25) is 0 Å². The molecule has 142 valence electrons. The molecule has 0 amide bonds. The van der Waals surface area contributed by atoms with Crippen molar-refractivity contribution in [2.24, 2.45) is 0 Å². The SMILES string of the molecule is CCC(Nc1noc2cc(Cl)c3c(c12)OC(=O)/C=C\C(=O)O3)c1ccncc1. The topological polar surface area (TPSA) is 104 Å². The normalized spacial score (nSPS) is 15.8. The van der Waals surface area contributed by atoms with Gasteiger partial charge in [0, 0.05) is 30.6 Å². The number of carbonyl (C=O) groups excluding carboxylic acids is 2. The fraction of sp³-hybridized carbons (Fsp3) is 0.158. The molecular weight excluding hydrogens is 386 g/mol. The molecule has 1 aliphatic heterocycles. The summed E-state index contributed by atoms with van der Waals surface area (Å²) in [4.78, 5) is 27.8. The van der Waals surface area contributed by atoms with E-state index in [0.29, 0.717) is 11.2 Å². The zero-order chi connectivity index (χ0) is 19.7. The average molecular weight is 400 g/mol. The number of hydrogen-bond acceptors (Lipinski definition) is 8. The lowest BCUT2D eigenvalue weighted by Crippen LogP contribution is -2.15. The molecule has 28 heavy (non-hydrogen) atoms. The van der Waals surface area contributed by atoms with Crippen molar-refractivity contribution < 1.29 is 23.6 Å². The number of halogens is 1. The van der Waals surface area contributed by atoms with Gasteiger partial charge in [-0.1, -0.05) is 23.7 Å². The van der Waals surface area contributed by atoms with Crippen LogP contribution in [0, 0.1) is 0 Å². The summed E-state index contributed by atoms with van der Waals surface area (Å²) < 4.78 is 15.9. The first-order valence-corrected chi connectivity index (χ1v) is 8.84. The monoisotopic (exact) mass is 399 g/mol. The highest BCUT2D eigenvalue weighted by atomic mass is 35.5. The number of aromatic nitrogens is 2. The molecule has 0 spiro atoms. The standard InChI is InChI=1S/C19H14ClN3O5/c1-2-12(10-5-7-21-8-6-10)22-19-16-13(28-23-19)9-11(20)17-18(16)27-15(25)4-3-14(24)26-17/h3-9,12H,2H2,1H3,(H,22,23)/b4-3-. The molecule has 1 aromatic carbocycles. The molecule has 0 radical (unpaired) electrons. The van der Waals surface area contributed by atoms with Crippen LogP contribution in [0.25, 0.3) is 11.0 Å². The highest BCUT2D eigenvalue weighted by Gasteiger charge is 2.27. The molecule has 2 aromatic heterocycles. The second kappa shape index (κ2) is 7.32. The number of nitrogens with zero attached hydrogens (tertiary/aromatic N) is 2. The van der Waals surface area contributed by atoms with Crippen LogP contribution in [0.5, 0.6) is 11.5 Å². The van der Waals surface area contributed by atoms with Crippen molar-refractivity contribution >= 4 is 40.3 Å². The van der Waals surface area contributed by atoms with E-state index < -0.39 is 11.9 Å². The van der Waals surface area contributed by atoms with Crippen LogP contribution in [0.15, 0.2) is 47.3 Å². The Labute approximate surface area is 164 Å². The van der Waals surface area contributed by atoms with E-state index in [2.05, 4.69) is 15.5 Å². The van der Waals surface area contributed by atoms with Crippen molar-refractivity contribution in [2.45, 2.75) is 19.4 Å². The van der Waals surface area contributed by atoms with E-state index in [1.54, 1.807) is 12.4 Å². The van der Waals surface area contributed by atoms with Crippen molar-refractivity contribution in [2.75, 3.05) is 5.32 Å². The lowest BCUT2D eigenvalue weighted by molar-refractivity contribution is -0.133. The Kier molecular flexibility index (Phi) is 4.70. The molecule has 8 nitrogen and oxygen atoms in total. The minimum atomic E-state index is -0.742. The summed E-state index contributed by atoms with van der Waals surface area (Å²) in [6.45, 7) is 2.01. The van der Waals surface area contributed by atoms with Crippen LogP contribution < -0.4 is 14.8 Å². The average Bonchev–Trinajstić information content (AvgIpc) is 3.08. The first-order valence-electron chi connectivity index (χ1n) is 8.47. The molecule has 1 unspecified atom stereocenters. The third kappa shape index (κ3) is 3.29. The molecule has 1 aliphatic rings. The number of ether oxygens (including phenoxy) is 2. The lowest BCUT2D eigenvalue weighted by atomic mass is 10.1.